The Labute approximate surface area is 121 Å². The quantitative estimate of drug-likeness (QED) is 0.666. The summed E-state index contributed by atoms with van der Waals surface area (Å²) in [6, 6.07) is 11.2. The highest BCUT2D eigenvalue weighted by Gasteiger charge is 2.02. The molecule has 0 unspecified atom stereocenters. The molecule has 2 N–H and O–H groups in total. The van der Waals surface area contributed by atoms with Crippen molar-refractivity contribution in [1.29, 1.82) is 0 Å². The van der Waals surface area contributed by atoms with Crippen LogP contribution in [0.4, 0.5) is 5.95 Å². The highest BCUT2D eigenvalue weighted by atomic mass is 32.1. The molecular formula is C14H12N4OS. The molecule has 1 amide bonds. The Kier molecular flexibility index (Phi) is 4.91. The van der Waals surface area contributed by atoms with Crippen LogP contribution >= 0.6 is 12.2 Å². The number of anilines is 1. The van der Waals surface area contributed by atoms with Gasteiger partial charge in [-0.15, -0.1) is 0 Å². The second-order valence-electron chi connectivity index (χ2n) is 3.76. The molecule has 2 rings (SSSR count). The minimum absolute atomic E-state index is 0.152. The Morgan fingerprint density at radius 2 is 1.80 bits per heavy atom. The molecule has 1 heterocycles. The Balaban J connectivity index is 1.85. The largest absolute Gasteiger partial charge is 0.301 e. The van der Waals surface area contributed by atoms with Crippen LogP contribution in [0.5, 0.6) is 0 Å². The van der Waals surface area contributed by atoms with Gasteiger partial charge in [0.2, 0.25) is 11.9 Å². The predicted octanol–water partition coefficient (Wildman–Crippen LogP) is 2.00. The van der Waals surface area contributed by atoms with Crippen molar-refractivity contribution in [3.63, 3.8) is 0 Å². The van der Waals surface area contributed by atoms with Gasteiger partial charge in [-0.1, -0.05) is 30.3 Å². The van der Waals surface area contributed by atoms with E-state index in [0.717, 1.165) is 5.56 Å². The van der Waals surface area contributed by atoms with Gasteiger partial charge in [0.05, 0.1) is 0 Å². The van der Waals surface area contributed by atoms with E-state index in [2.05, 4.69) is 20.6 Å². The summed E-state index contributed by atoms with van der Waals surface area (Å²) in [5.41, 5.74) is 0.938. The average molecular weight is 284 g/mol. The predicted molar refractivity (Wildman–Crippen MR) is 81.9 cm³/mol. The number of carbonyl (C=O) groups is 1. The molecule has 0 saturated carbocycles. The molecule has 0 aliphatic carbocycles. The standard InChI is InChI=1S/C14H12N4OS/c19-12(8-7-11-5-2-1-3-6-11)17-14(20)18-13-15-9-4-10-16-13/h1-10H,(H2,15,16,17,18,19,20)/b8-7+. The second-order valence-corrected chi connectivity index (χ2v) is 4.17. The van der Waals surface area contributed by atoms with Gasteiger partial charge in [-0.25, -0.2) is 9.97 Å². The fourth-order valence-corrected chi connectivity index (χ4v) is 1.58. The van der Waals surface area contributed by atoms with Crippen molar-refractivity contribution in [3.05, 3.63) is 60.4 Å². The van der Waals surface area contributed by atoms with E-state index in [9.17, 15) is 4.79 Å². The molecule has 1 aromatic carbocycles. The molecule has 2 aromatic rings. The summed E-state index contributed by atoms with van der Waals surface area (Å²) >= 11 is 4.99. The third-order valence-electron chi connectivity index (χ3n) is 2.25. The summed E-state index contributed by atoms with van der Waals surface area (Å²) in [5, 5.41) is 5.38. The molecule has 0 fully saturated rings. The van der Waals surface area contributed by atoms with Crippen molar-refractivity contribution in [2.75, 3.05) is 5.32 Å². The topological polar surface area (TPSA) is 66.9 Å². The van der Waals surface area contributed by atoms with Crippen LogP contribution in [0.15, 0.2) is 54.9 Å². The molecule has 100 valence electrons. The SMILES string of the molecule is O=C(/C=C/c1ccccc1)NC(=S)Nc1ncccn1. The van der Waals surface area contributed by atoms with Crippen molar-refractivity contribution >= 4 is 35.3 Å². The van der Waals surface area contributed by atoms with Gasteiger partial charge in [-0.3, -0.25) is 10.1 Å². The first-order valence-corrected chi connectivity index (χ1v) is 6.27. The van der Waals surface area contributed by atoms with E-state index < -0.39 is 0 Å². The molecular weight excluding hydrogens is 272 g/mol. The lowest BCUT2D eigenvalue weighted by molar-refractivity contribution is -0.115. The summed E-state index contributed by atoms with van der Waals surface area (Å²) in [5.74, 6) is 0.0205. The maximum absolute atomic E-state index is 11.7. The second kappa shape index (κ2) is 7.10. The third-order valence-corrected chi connectivity index (χ3v) is 2.46. The van der Waals surface area contributed by atoms with Crippen molar-refractivity contribution in [3.8, 4) is 0 Å². The van der Waals surface area contributed by atoms with Gasteiger partial charge in [-0.05, 0) is 29.9 Å². The van der Waals surface area contributed by atoms with E-state index in [1.54, 1.807) is 24.5 Å². The van der Waals surface area contributed by atoms with Crippen molar-refractivity contribution in [2.45, 2.75) is 0 Å². The van der Waals surface area contributed by atoms with E-state index in [0.29, 0.717) is 5.95 Å². The zero-order valence-corrected chi connectivity index (χ0v) is 11.3. The van der Waals surface area contributed by atoms with E-state index >= 15 is 0 Å². The lowest BCUT2D eigenvalue weighted by Crippen LogP contribution is -2.33. The number of carbonyl (C=O) groups excluding carboxylic acids is 1. The van der Waals surface area contributed by atoms with Gasteiger partial charge >= 0.3 is 0 Å². The van der Waals surface area contributed by atoms with Crippen molar-refractivity contribution in [2.24, 2.45) is 0 Å². The molecule has 0 aliphatic rings. The van der Waals surface area contributed by atoms with Crippen LogP contribution in [0.2, 0.25) is 0 Å². The first-order valence-electron chi connectivity index (χ1n) is 5.86. The first kappa shape index (κ1) is 13.8. The van der Waals surface area contributed by atoms with Crippen LogP contribution in [0.25, 0.3) is 6.08 Å². The van der Waals surface area contributed by atoms with Crippen LogP contribution in [0.1, 0.15) is 5.56 Å². The molecule has 0 spiro atoms. The zero-order valence-electron chi connectivity index (χ0n) is 10.5. The van der Waals surface area contributed by atoms with Crippen LogP contribution in [-0.4, -0.2) is 21.0 Å². The van der Waals surface area contributed by atoms with Gasteiger partial charge < -0.3 is 5.32 Å². The highest BCUT2D eigenvalue weighted by Crippen LogP contribution is 2.00. The van der Waals surface area contributed by atoms with Crippen LogP contribution in [-0.2, 0) is 4.79 Å². The number of hydrogen-bond donors (Lipinski definition) is 2. The fourth-order valence-electron chi connectivity index (χ4n) is 1.39. The number of aromatic nitrogens is 2. The summed E-state index contributed by atoms with van der Waals surface area (Å²) in [6.07, 6.45) is 6.27. The maximum Gasteiger partial charge on any atom is 0.250 e. The van der Waals surface area contributed by atoms with Gasteiger partial charge in [0.1, 0.15) is 0 Å². The number of hydrogen-bond acceptors (Lipinski definition) is 4. The molecule has 0 aliphatic heterocycles. The molecule has 0 atom stereocenters. The summed E-state index contributed by atoms with van der Waals surface area (Å²) in [4.78, 5) is 19.5. The third kappa shape index (κ3) is 4.58. The van der Waals surface area contributed by atoms with Crippen LogP contribution in [0, 0.1) is 0 Å². The Bertz CT molecular complexity index is 614. The maximum atomic E-state index is 11.7. The Morgan fingerprint density at radius 3 is 2.50 bits per heavy atom. The molecule has 6 heteroatoms. The normalized spacial score (nSPS) is 10.2. The molecule has 1 aromatic heterocycles. The summed E-state index contributed by atoms with van der Waals surface area (Å²) in [7, 11) is 0. The van der Waals surface area contributed by atoms with Gasteiger partial charge in [0.15, 0.2) is 5.11 Å². The minimum atomic E-state index is -0.317. The van der Waals surface area contributed by atoms with Crippen molar-refractivity contribution < 1.29 is 4.79 Å². The van der Waals surface area contributed by atoms with Gasteiger partial charge in [0, 0.05) is 18.5 Å². The Morgan fingerprint density at radius 1 is 1.10 bits per heavy atom. The van der Waals surface area contributed by atoms with E-state index in [1.165, 1.54) is 6.08 Å². The number of benzene rings is 1. The number of amides is 1. The number of rotatable bonds is 3. The smallest absolute Gasteiger partial charge is 0.250 e. The van der Waals surface area contributed by atoms with Crippen LogP contribution < -0.4 is 10.6 Å². The highest BCUT2D eigenvalue weighted by molar-refractivity contribution is 7.80. The lowest BCUT2D eigenvalue weighted by atomic mass is 10.2. The van der Waals surface area contributed by atoms with Crippen LogP contribution in [0.3, 0.4) is 0 Å². The first-order chi connectivity index (χ1) is 9.74. The molecule has 0 bridgehead atoms. The number of thiocarbonyl (C=S) groups is 1. The molecule has 0 radical (unpaired) electrons. The Hall–Kier alpha value is -2.60. The number of nitrogens with one attached hydrogen (secondary N) is 2. The number of nitrogens with zero attached hydrogens (tertiary/aromatic N) is 2. The summed E-state index contributed by atoms with van der Waals surface area (Å²) in [6.45, 7) is 0. The molecule has 20 heavy (non-hydrogen) atoms. The van der Waals surface area contributed by atoms with Gasteiger partial charge in [-0.2, -0.15) is 0 Å². The fraction of sp³-hybridized carbons (Fsp3) is 0. The average Bonchev–Trinajstić information content (AvgIpc) is 2.47. The van der Waals surface area contributed by atoms with E-state index in [-0.39, 0.29) is 11.0 Å². The van der Waals surface area contributed by atoms with Crippen molar-refractivity contribution in [1.82, 2.24) is 15.3 Å². The minimum Gasteiger partial charge on any atom is -0.301 e. The van der Waals surface area contributed by atoms with E-state index in [1.807, 2.05) is 30.3 Å². The monoisotopic (exact) mass is 284 g/mol. The lowest BCUT2D eigenvalue weighted by Gasteiger charge is -2.05. The van der Waals surface area contributed by atoms with Gasteiger partial charge in [0.25, 0.3) is 0 Å². The zero-order chi connectivity index (χ0) is 14.2. The summed E-state index contributed by atoms with van der Waals surface area (Å²) < 4.78 is 0. The van der Waals surface area contributed by atoms with E-state index in [4.69, 9.17) is 12.2 Å². The molecule has 5 nitrogen and oxygen atoms in total. The molecule has 0 saturated heterocycles.